The highest BCUT2D eigenvalue weighted by molar-refractivity contribution is 5.74. The van der Waals surface area contributed by atoms with Crippen molar-refractivity contribution in [1.29, 1.82) is 0 Å². The molecule has 12 nitrogen and oxygen atoms in total. The van der Waals surface area contributed by atoms with Crippen LogP contribution >= 0.6 is 0 Å². The molecule has 3 N–H and O–H groups in total. The number of allylic oxidation sites excluding steroid dienone is 20. The van der Waals surface area contributed by atoms with Crippen molar-refractivity contribution in [2.45, 2.75) is 289 Å². The molecule has 0 saturated carbocycles. The molecule has 6 unspecified atom stereocenters. The van der Waals surface area contributed by atoms with Crippen molar-refractivity contribution in [3.05, 3.63) is 122 Å². The topological polar surface area (TPSA) is 175 Å². The van der Waals surface area contributed by atoms with Crippen LogP contribution < -0.4 is 0 Å². The van der Waals surface area contributed by atoms with Gasteiger partial charge in [0.1, 0.15) is 18.8 Å². The van der Waals surface area contributed by atoms with Crippen molar-refractivity contribution in [2.24, 2.45) is 0 Å². The largest absolute Gasteiger partial charge is 0.479 e. The lowest BCUT2D eigenvalue weighted by Gasteiger charge is -2.40. The predicted octanol–water partition coefficient (Wildman–Crippen LogP) is 17.6. The lowest BCUT2D eigenvalue weighted by Crippen LogP contribution is -2.61. The number of carboxylic acid groups (broad SMARTS) is 1. The van der Waals surface area contributed by atoms with Crippen LogP contribution in [0.3, 0.4) is 0 Å². The van der Waals surface area contributed by atoms with Crippen molar-refractivity contribution >= 4 is 23.9 Å². The number of unbranched alkanes of at least 4 members (excludes halogenated alkanes) is 20. The van der Waals surface area contributed by atoms with Gasteiger partial charge < -0.3 is 39.0 Å². The molecule has 1 aliphatic heterocycles. The molecule has 1 fully saturated rings. The van der Waals surface area contributed by atoms with Gasteiger partial charge in [-0.25, -0.2) is 4.79 Å². The number of aliphatic hydroxyl groups is 2. The Hall–Kier alpha value is -4.88. The van der Waals surface area contributed by atoms with Crippen molar-refractivity contribution in [3.63, 3.8) is 0 Å². The third kappa shape index (κ3) is 47.1. The second-order valence-corrected chi connectivity index (χ2v) is 21.6. The summed E-state index contributed by atoms with van der Waals surface area (Å²) < 4.78 is 28.4. The van der Waals surface area contributed by atoms with Crippen LogP contribution in [-0.4, -0.2) is 89.2 Å². The second-order valence-electron chi connectivity index (χ2n) is 21.6. The Morgan fingerprint density at radius 3 is 1.20 bits per heavy atom. The fourth-order valence-electron chi connectivity index (χ4n) is 9.15. The number of aliphatic carboxylic acids is 1. The number of carbonyl (C=O) groups is 4. The van der Waals surface area contributed by atoms with E-state index in [1.54, 1.807) is 0 Å². The molecule has 0 bridgehead atoms. The molecular weight excluding hydrogens is 1040 g/mol. The number of hydrogen-bond donors (Lipinski definition) is 3. The highest BCUT2D eigenvalue weighted by Gasteiger charge is 2.50. The van der Waals surface area contributed by atoms with Gasteiger partial charge in [-0.1, -0.05) is 258 Å². The molecular formula is C71H114O12. The Kier molecular flexibility index (Phi) is 52.8. The van der Waals surface area contributed by atoms with Crippen molar-refractivity contribution in [3.8, 4) is 0 Å². The van der Waals surface area contributed by atoms with Crippen molar-refractivity contribution in [2.75, 3.05) is 13.2 Å². The first kappa shape index (κ1) is 76.1. The standard InChI is InChI=1S/C71H114O12/c1-4-7-10-13-16-19-22-25-28-31-32-35-36-39-42-45-48-51-54-57-63(72)79-60-62(81-64(73)58-55-52-49-46-43-40-37-33-29-26-23-20-17-14-11-8-5-2)61-80-71-69(67(76)66(75)68(83-71)70(77)78)82-65(74)59-56-53-50-47-44-41-38-34-30-27-24-21-18-15-12-9-6-3/h7-8,10-11,16-17,19-20,25-26,28-29,32,35,37,39-40,42,48,51,62,66-69,71,75-76H,4-6,9,12-15,18,21-24,27,30-31,33-34,36,38,41,43-47,49-50,52-61H2,1-3H3,(H,77,78)/b10-7-,11-8-,19-16-,20-17-,28-25-,29-26-,35-32-,40-37-,42-39-,51-48-. The molecule has 1 saturated heterocycles. The second kappa shape index (κ2) is 57.5. The smallest absolute Gasteiger partial charge is 0.335 e. The molecule has 0 spiro atoms. The molecule has 470 valence electrons. The molecule has 6 atom stereocenters. The Morgan fingerprint density at radius 1 is 0.410 bits per heavy atom. The van der Waals surface area contributed by atoms with Crippen LogP contribution in [0.1, 0.15) is 252 Å². The molecule has 0 aromatic heterocycles. The van der Waals surface area contributed by atoms with Gasteiger partial charge in [-0.05, 0) is 96.3 Å². The van der Waals surface area contributed by atoms with E-state index < -0.39 is 67.3 Å². The van der Waals surface area contributed by atoms with Gasteiger partial charge in [-0.2, -0.15) is 0 Å². The molecule has 83 heavy (non-hydrogen) atoms. The molecule has 0 radical (unpaired) electrons. The first-order chi connectivity index (χ1) is 40.6. The zero-order valence-corrected chi connectivity index (χ0v) is 51.9. The Labute approximate surface area is 503 Å². The third-order valence-corrected chi connectivity index (χ3v) is 14.0. The van der Waals surface area contributed by atoms with E-state index in [1.807, 2.05) is 12.2 Å². The summed E-state index contributed by atoms with van der Waals surface area (Å²) in [6, 6.07) is 0. The Morgan fingerprint density at radius 2 is 0.783 bits per heavy atom. The number of hydrogen-bond acceptors (Lipinski definition) is 11. The number of carboxylic acids is 1. The van der Waals surface area contributed by atoms with Crippen LogP contribution in [-0.2, 0) is 42.9 Å². The fourth-order valence-corrected chi connectivity index (χ4v) is 9.15. The van der Waals surface area contributed by atoms with Gasteiger partial charge in [0, 0.05) is 19.3 Å². The maximum atomic E-state index is 13.2. The van der Waals surface area contributed by atoms with Gasteiger partial charge in [-0.3, -0.25) is 14.4 Å². The first-order valence-corrected chi connectivity index (χ1v) is 32.5. The van der Waals surface area contributed by atoms with E-state index in [4.69, 9.17) is 23.7 Å². The number of rotatable bonds is 54. The van der Waals surface area contributed by atoms with Crippen LogP contribution in [0.2, 0.25) is 0 Å². The average Bonchev–Trinajstić information content (AvgIpc) is 3.59. The highest BCUT2D eigenvalue weighted by atomic mass is 16.7. The fraction of sp³-hybridized carbons (Fsp3) is 0.662. The maximum absolute atomic E-state index is 13.2. The molecule has 0 amide bonds. The zero-order chi connectivity index (χ0) is 60.3. The predicted molar refractivity (Wildman–Crippen MR) is 340 cm³/mol. The SMILES string of the molecule is CC/C=C\C/C=C\C/C=C\C/C=C\C/C=C\C/C=C\CCC(=O)OCC(COC1OC(C(=O)O)C(O)C(O)C1OC(=O)CCCCCCCCCCCCCCCCCCC)OC(=O)CCCCCC/C=C\C/C=C\C/C=C\C/C=C\CC. The lowest BCUT2D eigenvalue weighted by atomic mass is 9.98. The molecule has 1 aliphatic rings. The average molecular weight is 1160 g/mol. The Bertz CT molecular complexity index is 1900. The normalized spacial score (nSPS) is 18.4. The summed E-state index contributed by atoms with van der Waals surface area (Å²) in [6.07, 6.45) is 67.4. The van der Waals surface area contributed by atoms with E-state index >= 15 is 0 Å². The van der Waals surface area contributed by atoms with Crippen molar-refractivity contribution in [1.82, 2.24) is 0 Å². The summed E-state index contributed by atoms with van der Waals surface area (Å²) in [7, 11) is 0. The number of ether oxygens (including phenoxy) is 5. The van der Waals surface area contributed by atoms with Crippen LogP contribution in [0.5, 0.6) is 0 Å². The molecule has 0 aliphatic carbocycles. The van der Waals surface area contributed by atoms with E-state index in [0.29, 0.717) is 19.3 Å². The zero-order valence-electron chi connectivity index (χ0n) is 51.9. The summed E-state index contributed by atoms with van der Waals surface area (Å²) in [5.41, 5.74) is 0. The minimum atomic E-state index is -1.92. The summed E-state index contributed by atoms with van der Waals surface area (Å²) >= 11 is 0. The van der Waals surface area contributed by atoms with Gasteiger partial charge in [0.15, 0.2) is 24.6 Å². The summed E-state index contributed by atoms with van der Waals surface area (Å²) in [6.45, 7) is 5.70. The minimum Gasteiger partial charge on any atom is -0.479 e. The van der Waals surface area contributed by atoms with E-state index in [2.05, 4.69) is 130 Å². The molecule has 1 heterocycles. The maximum Gasteiger partial charge on any atom is 0.335 e. The molecule has 0 aromatic rings. The highest BCUT2D eigenvalue weighted by Crippen LogP contribution is 2.26. The van der Waals surface area contributed by atoms with Crippen LogP contribution in [0.15, 0.2) is 122 Å². The van der Waals surface area contributed by atoms with E-state index in [1.165, 1.54) is 77.0 Å². The quantitative estimate of drug-likeness (QED) is 0.0228. The van der Waals surface area contributed by atoms with E-state index in [9.17, 15) is 34.5 Å². The molecule has 12 heteroatoms. The van der Waals surface area contributed by atoms with Crippen LogP contribution in [0.4, 0.5) is 0 Å². The van der Waals surface area contributed by atoms with Gasteiger partial charge in [0.2, 0.25) is 0 Å². The first-order valence-electron chi connectivity index (χ1n) is 32.5. The van der Waals surface area contributed by atoms with E-state index in [-0.39, 0.29) is 25.9 Å². The summed E-state index contributed by atoms with van der Waals surface area (Å²) in [5, 5.41) is 31.6. The minimum absolute atomic E-state index is 0.0478. The van der Waals surface area contributed by atoms with Gasteiger partial charge in [0.25, 0.3) is 0 Å². The summed E-state index contributed by atoms with van der Waals surface area (Å²) in [5.74, 6) is -3.27. The number of aliphatic hydroxyl groups excluding tert-OH is 2. The number of carbonyl (C=O) groups excluding carboxylic acids is 3. The van der Waals surface area contributed by atoms with E-state index in [0.717, 1.165) is 116 Å². The van der Waals surface area contributed by atoms with Gasteiger partial charge in [-0.15, -0.1) is 0 Å². The van der Waals surface area contributed by atoms with Gasteiger partial charge >= 0.3 is 23.9 Å². The molecule has 1 rings (SSSR count). The third-order valence-electron chi connectivity index (χ3n) is 14.0. The molecule has 0 aromatic carbocycles. The van der Waals surface area contributed by atoms with Crippen LogP contribution in [0.25, 0.3) is 0 Å². The summed E-state index contributed by atoms with van der Waals surface area (Å²) in [4.78, 5) is 51.3. The van der Waals surface area contributed by atoms with Crippen molar-refractivity contribution < 1.29 is 58.2 Å². The monoisotopic (exact) mass is 1160 g/mol. The van der Waals surface area contributed by atoms with Crippen LogP contribution in [0, 0.1) is 0 Å². The van der Waals surface area contributed by atoms with Gasteiger partial charge in [0.05, 0.1) is 6.61 Å². The lowest BCUT2D eigenvalue weighted by molar-refractivity contribution is -0.301. The number of esters is 3. The Balaban J connectivity index is 2.73.